The van der Waals surface area contributed by atoms with E-state index in [1.165, 1.54) is 19.1 Å². The molecule has 3 rings (SSSR count). The lowest BCUT2D eigenvalue weighted by atomic mass is 9.98. The van der Waals surface area contributed by atoms with Crippen molar-refractivity contribution in [1.82, 2.24) is 0 Å². The van der Waals surface area contributed by atoms with Crippen molar-refractivity contribution in [1.29, 1.82) is 0 Å². The van der Waals surface area contributed by atoms with Crippen molar-refractivity contribution in [3.05, 3.63) is 64.7 Å². The van der Waals surface area contributed by atoms with Gasteiger partial charge in [-0.1, -0.05) is 30.3 Å². The van der Waals surface area contributed by atoms with Crippen molar-refractivity contribution in [3.8, 4) is 5.75 Å². The molecule has 1 aliphatic rings. The quantitative estimate of drug-likeness (QED) is 0.912. The van der Waals surface area contributed by atoms with E-state index in [2.05, 4.69) is 0 Å². The number of halogens is 2. The van der Waals surface area contributed by atoms with Crippen LogP contribution in [0.5, 0.6) is 5.75 Å². The standard InChI is InChI=1S/C16H14F2O2/c1-9-6-7-11(15(18)14(9)17)16(19)13-8-10-4-2-3-5-12(10)20-13/h2-7,13,16,19H,8H2,1H3. The van der Waals surface area contributed by atoms with Gasteiger partial charge in [-0.15, -0.1) is 0 Å². The minimum absolute atomic E-state index is 0.0640. The van der Waals surface area contributed by atoms with Crippen molar-refractivity contribution in [2.75, 3.05) is 0 Å². The Labute approximate surface area is 115 Å². The summed E-state index contributed by atoms with van der Waals surface area (Å²) in [6.07, 6.45) is -1.31. The first-order valence-electron chi connectivity index (χ1n) is 6.45. The highest BCUT2D eigenvalue weighted by molar-refractivity contribution is 5.38. The Hall–Kier alpha value is -1.94. The summed E-state index contributed by atoms with van der Waals surface area (Å²) in [5.41, 5.74) is 1.12. The van der Waals surface area contributed by atoms with E-state index < -0.39 is 23.8 Å². The Morgan fingerprint density at radius 1 is 1.15 bits per heavy atom. The monoisotopic (exact) mass is 276 g/mol. The molecule has 0 amide bonds. The number of hydrogen-bond acceptors (Lipinski definition) is 2. The van der Waals surface area contributed by atoms with Gasteiger partial charge >= 0.3 is 0 Å². The van der Waals surface area contributed by atoms with E-state index >= 15 is 0 Å². The van der Waals surface area contributed by atoms with Crippen molar-refractivity contribution >= 4 is 0 Å². The number of rotatable bonds is 2. The maximum atomic E-state index is 13.9. The summed E-state index contributed by atoms with van der Waals surface area (Å²) in [6.45, 7) is 1.48. The Balaban J connectivity index is 1.88. The van der Waals surface area contributed by atoms with Crippen LogP contribution >= 0.6 is 0 Å². The van der Waals surface area contributed by atoms with Crippen LogP contribution < -0.4 is 4.74 Å². The van der Waals surface area contributed by atoms with Crippen LogP contribution in [0.1, 0.15) is 22.8 Å². The molecule has 104 valence electrons. The van der Waals surface area contributed by atoms with Gasteiger partial charge in [0.05, 0.1) is 0 Å². The molecular formula is C16H14F2O2. The second-order valence-corrected chi connectivity index (χ2v) is 5.01. The highest BCUT2D eigenvalue weighted by Gasteiger charge is 2.32. The van der Waals surface area contributed by atoms with Gasteiger partial charge in [-0.25, -0.2) is 8.78 Å². The fraction of sp³-hybridized carbons (Fsp3) is 0.250. The number of fused-ring (bicyclic) bond motifs is 1. The van der Waals surface area contributed by atoms with E-state index in [0.717, 1.165) is 5.56 Å². The average molecular weight is 276 g/mol. The number of aryl methyl sites for hydroxylation is 1. The van der Waals surface area contributed by atoms with Crippen molar-refractivity contribution in [2.45, 2.75) is 25.6 Å². The molecule has 0 radical (unpaired) electrons. The third-order valence-electron chi connectivity index (χ3n) is 3.65. The molecule has 4 heteroatoms. The van der Waals surface area contributed by atoms with Crippen molar-refractivity contribution in [2.24, 2.45) is 0 Å². The minimum atomic E-state index is -1.20. The maximum Gasteiger partial charge on any atom is 0.165 e. The zero-order chi connectivity index (χ0) is 14.3. The van der Waals surface area contributed by atoms with Gasteiger partial charge in [0.25, 0.3) is 0 Å². The summed E-state index contributed by atoms with van der Waals surface area (Å²) >= 11 is 0. The summed E-state index contributed by atoms with van der Waals surface area (Å²) in [5.74, 6) is -1.24. The number of hydrogen-bond donors (Lipinski definition) is 1. The van der Waals surface area contributed by atoms with Gasteiger partial charge in [0.1, 0.15) is 18.0 Å². The molecule has 1 N–H and O–H groups in total. The van der Waals surface area contributed by atoms with Crippen LogP contribution in [0.25, 0.3) is 0 Å². The Morgan fingerprint density at radius 3 is 2.65 bits per heavy atom. The van der Waals surface area contributed by atoms with Crippen LogP contribution in [-0.2, 0) is 6.42 Å². The molecule has 1 aliphatic heterocycles. The fourth-order valence-electron chi connectivity index (χ4n) is 2.47. The molecule has 2 atom stereocenters. The largest absolute Gasteiger partial charge is 0.487 e. The molecular weight excluding hydrogens is 262 g/mol. The molecule has 2 unspecified atom stereocenters. The first-order chi connectivity index (χ1) is 9.58. The predicted octanol–water partition coefficient (Wildman–Crippen LogP) is 3.31. The Kier molecular flexibility index (Phi) is 3.18. The summed E-state index contributed by atoms with van der Waals surface area (Å²) in [4.78, 5) is 0. The van der Waals surface area contributed by atoms with E-state index in [4.69, 9.17) is 4.74 Å². The molecule has 20 heavy (non-hydrogen) atoms. The number of benzene rings is 2. The summed E-state index contributed by atoms with van der Waals surface area (Å²) in [5, 5.41) is 10.3. The van der Waals surface area contributed by atoms with Crippen LogP contribution in [0.3, 0.4) is 0 Å². The van der Waals surface area contributed by atoms with E-state index in [1.807, 2.05) is 18.2 Å². The first-order valence-corrected chi connectivity index (χ1v) is 6.45. The molecule has 0 saturated carbocycles. The molecule has 2 nitrogen and oxygen atoms in total. The van der Waals surface area contributed by atoms with Gasteiger partial charge in [-0.05, 0) is 24.1 Å². The van der Waals surface area contributed by atoms with Gasteiger partial charge in [-0.2, -0.15) is 0 Å². The number of aliphatic hydroxyl groups excluding tert-OH is 1. The highest BCUT2D eigenvalue weighted by Crippen LogP contribution is 2.35. The van der Waals surface area contributed by atoms with Crippen LogP contribution in [0.4, 0.5) is 8.78 Å². The molecule has 2 aromatic rings. The van der Waals surface area contributed by atoms with Gasteiger partial charge in [0.15, 0.2) is 11.6 Å². The van der Waals surface area contributed by atoms with Crippen LogP contribution in [-0.4, -0.2) is 11.2 Å². The predicted molar refractivity (Wildman–Crippen MR) is 70.6 cm³/mol. The second-order valence-electron chi connectivity index (χ2n) is 5.01. The fourth-order valence-corrected chi connectivity index (χ4v) is 2.47. The SMILES string of the molecule is Cc1ccc(C(O)C2Cc3ccccc3O2)c(F)c1F. The zero-order valence-electron chi connectivity index (χ0n) is 10.9. The molecule has 0 aliphatic carbocycles. The normalized spacial score (nSPS) is 18.5. The van der Waals surface area contributed by atoms with Gasteiger partial charge in [0.2, 0.25) is 0 Å². The minimum Gasteiger partial charge on any atom is -0.487 e. The van der Waals surface area contributed by atoms with Gasteiger partial charge in [-0.3, -0.25) is 0 Å². The lowest BCUT2D eigenvalue weighted by Crippen LogP contribution is -2.24. The third-order valence-corrected chi connectivity index (χ3v) is 3.65. The molecule has 2 aromatic carbocycles. The Bertz CT molecular complexity index is 630. The number of para-hydroxylation sites is 1. The Morgan fingerprint density at radius 2 is 1.90 bits per heavy atom. The number of ether oxygens (including phenoxy) is 1. The van der Waals surface area contributed by atoms with Gasteiger partial charge in [0, 0.05) is 12.0 Å². The first kappa shape index (κ1) is 13.1. The summed E-state index contributed by atoms with van der Waals surface area (Å²) < 4.78 is 33.1. The summed E-state index contributed by atoms with van der Waals surface area (Å²) in [7, 11) is 0. The topological polar surface area (TPSA) is 29.5 Å². The molecule has 0 fully saturated rings. The summed E-state index contributed by atoms with van der Waals surface area (Å²) in [6, 6.07) is 10.3. The second kappa shape index (κ2) is 4.87. The zero-order valence-corrected chi connectivity index (χ0v) is 10.9. The van der Waals surface area contributed by atoms with E-state index in [1.54, 1.807) is 6.07 Å². The highest BCUT2D eigenvalue weighted by atomic mass is 19.2. The average Bonchev–Trinajstić information content (AvgIpc) is 2.88. The van der Waals surface area contributed by atoms with E-state index in [0.29, 0.717) is 12.2 Å². The number of aliphatic hydroxyl groups is 1. The van der Waals surface area contributed by atoms with Crippen LogP contribution in [0.15, 0.2) is 36.4 Å². The molecule has 0 saturated heterocycles. The van der Waals surface area contributed by atoms with E-state index in [-0.39, 0.29) is 11.1 Å². The van der Waals surface area contributed by atoms with Crippen LogP contribution in [0.2, 0.25) is 0 Å². The van der Waals surface area contributed by atoms with Crippen LogP contribution in [0, 0.1) is 18.6 Å². The lowest BCUT2D eigenvalue weighted by molar-refractivity contribution is 0.0462. The molecule has 0 aromatic heterocycles. The maximum absolute atomic E-state index is 13.9. The lowest BCUT2D eigenvalue weighted by Gasteiger charge is -2.19. The van der Waals surface area contributed by atoms with Crippen molar-refractivity contribution in [3.63, 3.8) is 0 Å². The van der Waals surface area contributed by atoms with E-state index in [9.17, 15) is 13.9 Å². The van der Waals surface area contributed by atoms with Gasteiger partial charge < -0.3 is 9.84 Å². The van der Waals surface area contributed by atoms with Crippen molar-refractivity contribution < 1.29 is 18.6 Å². The smallest absolute Gasteiger partial charge is 0.165 e. The molecule has 0 bridgehead atoms. The third kappa shape index (κ3) is 2.06. The molecule has 0 spiro atoms. The molecule has 1 heterocycles.